The van der Waals surface area contributed by atoms with Gasteiger partial charge in [0.05, 0.1) is 6.61 Å². The van der Waals surface area contributed by atoms with Crippen LogP contribution in [0.5, 0.6) is 0 Å². The van der Waals surface area contributed by atoms with Gasteiger partial charge in [-0.3, -0.25) is 0 Å². The molecule has 0 amide bonds. The largest absolute Gasteiger partial charge is 0.236 e. The first-order valence-corrected chi connectivity index (χ1v) is 2.00. The predicted octanol–water partition coefficient (Wildman–Crippen LogP) is 1.28. The van der Waals surface area contributed by atoms with E-state index in [0.717, 1.165) is 0 Å². The van der Waals surface area contributed by atoms with Crippen LogP contribution in [0.2, 0.25) is 0 Å². The molecule has 2 radical (unpaired) electrons. The summed E-state index contributed by atoms with van der Waals surface area (Å²) >= 11 is 0. The lowest BCUT2D eigenvalue weighted by Gasteiger charge is -2.09. The highest BCUT2D eigenvalue weighted by Crippen LogP contribution is 2.08. The summed E-state index contributed by atoms with van der Waals surface area (Å²) in [6.45, 7) is 7.12. The van der Waals surface area contributed by atoms with Crippen molar-refractivity contribution >= 4 is 0 Å². The van der Waals surface area contributed by atoms with E-state index >= 15 is 0 Å². The molecule has 0 aliphatic heterocycles. The van der Waals surface area contributed by atoms with Crippen LogP contribution in [-0.2, 0) is 5.11 Å². The third-order valence-corrected chi connectivity index (χ3v) is 0.391. The maximum atomic E-state index is 9.89. The van der Waals surface area contributed by atoms with Crippen LogP contribution < -0.4 is 0 Å². The Bertz CT molecular complexity index is 33.7. The van der Waals surface area contributed by atoms with Crippen LogP contribution in [0, 0.1) is 12.3 Å². The summed E-state index contributed by atoms with van der Waals surface area (Å²) < 4.78 is 0. The van der Waals surface area contributed by atoms with Crippen molar-refractivity contribution in [2.45, 2.75) is 13.8 Å². The molecule has 1 nitrogen and oxygen atoms in total. The second-order valence-corrected chi connectivity index (χ2v) is 2.31. The maximum Gasteiger partial charge on any atom is 0.0873 e. The summed E-state index contributed by atoms with van der Waals surface area (Å²) in [5.41, 5.74) is -0.264. The van der Waals surface area contributed by atoms with E-state index in [0.29, 0.717) is 0 Å². The van der Waals surface area contributed by atoms with Gasteiger partial charge in [-0.25, -0.2) is 5.11 Å². The van der Waals surface area contributed by atoms with Gasteiger partial charge in [0, 0.05) is 0 Å². The molecule has 36 valence electrons. The van der Waals surface area contributed by atoms with E-state index < -0.39 is 0 Å². The number of rotatable bonds is 1. The Hall–Kier alpha value is -0.0400. The average molecular weight is 86.1 g/mol. The van der Waals surface area contributed by atoms with Gasteiger partial charge in [-0.05, 0) is 12.3 Å². The summed E-state index contributed by atoms with van der Waals surface area (Å²) in [6.07, 6.45) is 0. The molecule has 0 rings (SSSR count). The Labute approximate surface area is 39.0 Å². The Morgan fingerprint density at radius 2 is 1.83 bits per heavy atom. The summed E-state index contributed by atoms with van der Waals surface area (Å²) in [7, 11) is 0. The SMILES string of the molecule is [CH2]C(C)(C)C[O]. The summed E-state index contributed by atoms with van der Waals surface area (Å²) in [4.78, 5) is 0. The van der Waals surface area contributed by atoms with Gasteiger partial charge in [-0.15, -0.1) is 0 Å². The molecule has 0 unspecified atom stereocenters. The molecule has 0 heterocycles. The minimum absolute atomic E-state index is 0.0903. The first-order chi connectivity index (χ1) is 2.56. The van der Waals surface area contributed by atoms with Crippen LogP contribution in [0.1, 0.15) is 13.8 Å². The van der Waals surface area contributed by atoms with Gasteiger partial charge in [-0.2, -0.15) is 0 Å². The minimum Gasteiger partial charge on any atom is -0.236 e. The molecule has 0 fully saturated rings. The van der Waals surface area contributed by atoms with Crippen LogP contribution in [0.15, 0.2) is 0 Å². The Balaban J connectivity index is 3.17. The zero-order valence-electron chi connectivity index (χ0n) is 4.32. The Kier molecular flexibility index (Phi) is 1.59. The van der Waals surface area contributed by atoms with Gasteiger partial charge in [0.1, 0.15) is 0 Å². The van der Waals surface area contributed by atoms with E-state index in [1.165, 1.54) is 0 Å². The second-order valence-electron chi connectivity index (χ2n) is 2.31. The first kappa shape index (κ1) is 5.96. The van der Waals surface area contributed by atoms with Crippen LogP contribution >= 0.6 is 0 Å². The molecule has 0 bridgehead atoms. The molecule has 0 atom stereocenters. The van der Waals surface area contributed by atoms with E-state index in [2.05, 4.69) is 6.92 Å². The third-order valence-electron chi connectivity index (χ3n) is 0.391. The van der Waals surface area contributed by atoms with Crippen molar-refractivity contribution in [3.8, 4) is 0 Å². The van der Waals surface area contributed by atoms with Gasteiger partial charge in [-0.1, -0.05) is 13.8 Å². The van der Waals surface area contributed by atoms with Gasteiger partial charge in [0.2, 0.25) is 0 Å². The molecular weight excluding hydrogens is 76.1 g/mol. The normalized spacial score (nSPS) is 12.0. The van der Waals surface area contributed by atoms with Crippen LogP contribution in [0.25, 0.3) is 0 Å². The average Bonchev–Trinajstić information content (AvgIpc) is 1.35. The first-order valence-electron chi connectivity index (χ1n) is 2.00. The van der Waals surface area contributed by atoms with Crippen molar-refractivity contribution in [3.05, 3.63) is 6.92 Å². The molecule has 0 aliphatic carbocycles. The molecule has 0 aliphatic rings. The lowest BCUT2D eigenvalue weighted by atomic mass is 9.99. The predicted molar refractivity (Wildman–Crippen MR) is 24.7 cm³/mol. The van der Waals surface area contributed by atoms with Crippen LogP contribution in [-0.4, -0.2) is 6.61 Å². The lowest BCUT2D eigenvalue weighted by Crippen LogP contribution is -2.08. The van der Waals surface area contributed by atoms with Crippen molar-refractivity contribution in [1.29, 1.82) is 0 Å². The molecule has 0 spiro atoms. The van der Waals surface area contributed by atoms with Crippen molar-refractivity contribution in [2.24, 2.45) is 5.41 Å². The Morgan fingerprint density at radius 3 is 1.83 bits per heavy atom. The molecular formula is C5H10O. The molecule has 0 aromatic carbocycles. The molecule has 6 heavy (non-hydrogen) atoms. The van der Waals surface area contributed by atoms with Crippen LogP contribution in [0.4, 0.5) is 0 Å². The van der Waals surface area contributed by atoms with E-state index in [-0.39, 0.29) is 12.0 Å². The summed E-state index contributed by atoms with van der Waals surface area (Å²) in [5, 5.41) is 9.89. The third kappa shape index (κ3) is 3.96. The second kappa shape index (κ2) is 1.61. The number of hydrogen-bond acceptors (Lipinski definition) is 0. The zero-order valence-corrected chi connectivity index (χ0v) is 4.32. The fourth-order valence-corrected chi connectivity index (χ4v) is 0. The van der Waals surface area contributed by atoms with Gasteiger partial charge < -0.3 is 0 Å². The standard InChI is InChI=1S/C5H10O/c1-5(2,3)4-6/h1,4H2,2-3H3. The maximum absolute atomic E-state index is 9.89. The molecule has 0 saturated carbocycles. The molecule has 0 aromatic heterocycles. The topological polar surface area (TPSA) is 19.9 Å². The smallest absolute Gasteiger partial charge is 0.0873 e. The quantitative estimate of drug-likeness (QED) is 0.458. The van der Waals surface area contributed by atoms with Crippen LogP contribution in [0.3, 0.4) is 0 Å². The van der Waals surface area contributed by atoms with Crippen molar-refractivity contribution in [1.82, 2.24) is 0 Å². The fraction of sp³-hybridized carbons (Fsp3) is 0.800. The fourth-order valence-electron chi connectivity index (χ4n) is 0. The summed E-state index contributed by atoms with van der Waals surface area (Å²) in [5.74, 6) is 0. The van der Waals surface area contributed by atoms with Crippen molar-refractivity contribution in [3.63, 3.8) is 0 Å². The zero-order chi connectivity index (χ0) is 5.21. The highest BCUT2D eigenvalue weighted by Gasteiger charge is 2.06. The van der Waals surface area contributed by atoms with Crippen molar-refractivity contribution in [2.75, 3.05) is 6.61 Å². The van der Waals surface area contributed by atoms with E-state index in [4.69, 9.17) is 0 Å². The number of hydrogen-bond donors (Lipinski definition) is 0. The monoisotopic (exact) mass is 86.1 g/mol. The van der Waals surface area contributed by atoms with Gasteiger partial charge in [0.15, 0.2) is 0 Å². The molecule has 0 N–H and O–H groups in total. The molecule has 0 saturated heterocycles. The van der Waals surface area contributed by atoms with Crippen molar-refractivity contribution < 1.29 is 5.11 Å². The minimum atomic E-state index is -0.264. The highest BCUT2D eigenvalue weighted by atomic mass is 16.3. The van der Waals surface area contributed by atoms with Gasteiger partial charge >= 0.3 is 0 Å². The van der Waals surface area contributed by atoms with E-state index in [1.807, 2.05) is 13.8 Å². The summed E-state index contributed by atoms with van der Waals surface area (Å²) in [6, 6.07) is 0. The highest BCUT2D eigenvalue weighted by molar-refractivity contribution is 4.67. The van der Waals surface area contributed by atoms with Gasteiger partial charge in [0.25, 0.3) is 0 Å². The molecule has 1 heteroatoms. The van der Waals surface area contributed by atoms with E-state index in [9.17, 15) is 5.11 Å². The van der Waals surface area contributed by atoms with E-state index in [1.54, 1.807) is 0 Å². The lowest BCUT2D eigenvalue weighted by molar-refractivity contribution is 0.121. The Morgan fingerprint density at radius 1 is 1.67 bits per heavy atom. The molecule has 0 aromatic rings.